The van der Waals surface area contributed by atoms with Crippen LogP contribution in [0.25, 0.3) is 0 Å². The summed E-state index contributed by atoms with van der Waals surface area (Å²) in [5.74, 6) is 3.21. The maximum Gasteiger partial charge on any atom is 0.216 e. The Balaban J connectivity index is 1.42. The van der Waals surface area contributed by atoms with E-state index in [0.717, 1.165) is 55.1 Å². The molecule has 0 spiro atoms. The molecule has 144 valence electrons. The molecule has 0 aromatic carbocycles. The zero-order valence-corrected chi connectivity index (χ0v) is 15.5. The molecule has 1 aliphatic carbocycles. The first kappa shape index (κ1) is 17.0. The Morgan fingerprint density at radius 3 is 3.00 bits per heavy atom. The van der Waals surface area contributed by atoms with Gasteiger partial charge in [-0.15, -0.1) is 0 Å². The third-order valence-corrected chi connectivity index (χ3v) is 5.19. The monoisotopic (exact) mass is 378 g/mol. The van der Waals surface area contributed by atoms with Gasteiger partial charge in [-0.2, -0.15) is 10.1 Å². The molecule has 28 heavy (non-hydrogen) atoms. The highest BCUT2D eigenvalue weighted by molar-refractivity contribution is 5.57. The molecular weight excluding hydrogens is 356 g/mol. The summed E-state index contributed by atoms with van der Waals surface area (Å²) >= 11 is 0. The van der Waals surface area contributed by atoms with Gasteiger partial charge < -0.3 is 14.8 Å². The molecule has 2 aliphatic rings. The fourth-order valence-corrected chi connectivity index (χ4v) is 3.80. The van der Waals surface area contributed by atoms with Crippen molar-refractivity contribution >= 4 is 11.5 Å². The van der Waals surface area contributed by atoms with Crippen molar-refractivity contribution < 1.29 is 9.47 Å². The number of anilines is 2. The Kier molecular flexibility index (Phi) is 4.52. The van der Waals surface area contributed by atoms with Gasteiger partial charge in [0.25, 0.3) is 0 Å². The predicted molar refractivity (Wildman–Crippen MR) is 103 cm³/mol. The topological polar surface area (TPSA) is 97.8 Å². The van der Waals surface area contributed by atoms with E-state index in [4.69, 9.17) is 9.47 Å². The summed E-state index contributed by atoms with van der Waals surface area (Å²) in [6.45, 7) is 0.543. The van der Waals surface area contributed by atoms with E-state index in [9.17, 15) is 0 Å². The molecule has 1 saturated carbocycles. The lowest BCUT2D eigenvalue weighted by atomic mass is 10.0. The standard InChI is InChI=1S/C20H22N6O2/c1-2-17-21-8-6-19(24-17)28-15-4-3-13(10-15)16-12-18(26-25-16)23-14-5-7-22-20(11-14)27-9-1/h5-8,11-13,15H,1-4,9-10H2,(H2,23,25,26)/t13-,15+/m0/s1. The largest absolute Gasteiger partial charge is 0.478 e. The number of pyridine rings is 1. The van der Waals surface area contributed by atoms with Gasteiger partial charge >= 0.3 is 0 Å². The molecule has 0 saturated heterocycles. The molecular formula is C20H22N6O2. The maximum absolute atomic E-state index is 6.13. The fourth-order valence-electron chi connectivity index (χ4n) is 3.80. The molecule has 8 bridgehead atoms. The Bertz CT molecular complexity index is 959. The molecule has 4 heterocycles. The van der Waals surface area contributed by atoms with Crippen molar-refractivity contribution in [2.75, 3.05) is 11.9 Å². The van der Waals surface area contributed by atoms with E-state index in [1.165, 1.54) is 0 Å². The number of hydrogen-bond acceptors (Lipinski definition) is 7. The minimum atomic E-state index is 0.164. The lowest BCUT2D eigenvalue weighted by Crippen LogP contribution is -2.14. The van der Waals surface area contributed by atoms with Crippen LogP contribution in [-0.4, -0.2) is 37.9 Å². The number of ether oxygens (including phenoxy) is 2. The van der Waals surface area contributed by atoms with Crippen molar-refractivity contribution in [2.45, 2.75) is 44.1 Å². The second-order valence-electron chi connectivity index (χ2n) is 7.23. The van der Waals surface area contributed by atoms with E-state index < -0.39 is 0 Å². The van der Waals surface area contributed by atoms with Gasteiger partial charge in [0.15, 0.2) is 5.82 Å². The molecule has 1 fully saturated rings. The molecule has 3 aromatic heterocycles. The number of aryl methyl sites for hydroxylation is 1. The number of aromatic nitrogens is 5. The van der Waals surface area contributed by atoms with Crippen LogP contribution in [0.15, 0.2) is 36.7 Å². The van der Waals surface area contributed by atoms with Gasteiger partial charge in [0, 0.05) is 54.3 Å². The van der Waals surface area contributed by atoms with Crippen molar-refractivity contribution in [3.05, 3.63) is 48.2 Å². The highest BCUT2D eigenvalue weighted by atomic mass is 16.5. The number of fused-ring (bicyclic) bond motifs is 9. The Labute approximate surface area is 162 Å². The van der Waals surface area contributed by atoms with Gasteiger partial charge in [-0.05, 0) is 31.7 Å². The quantitative estimate of drug-likeness (QED) is 0.619. The highest BCUT2D eigenvalue weighted by Gasteiger charge is 2.29. The molecule has 8 heteroatoms. The van der Waals surface area contributed by atoms with Crippen LogP contribution in [-0.2, 0) is 6.42 Å². The first-order chi connectivity index (χ1) is 13.8. The number of rotatable bonds is 0. The SMILES string of the molecule is c1cc2cc(n1)OCCCc1nccc(n1)O[C@@H]1CC[C@@H](C1)c1cc(n[nH]1)N2. The van der Waals surface area contributed by atoms with E-state index in [-0.39, 0.29) is 6.10 Å². The van der Waals surface area contributed by atoms with Gasteiger partial charge in [0.1, 0.15) is 11.9 Å². The summed E-state index contributed by atoms with van der Waals surface area (Å²) in [7, 11) is 0. The first-order valence-electron chi connectivity index (χ1n) is 9.71. The van der Waals surface area contributed by atoms with Crippen molar-refractivity contribution in [3.8, 4) is 11.8 Å². The molecule has 0 radical (unpaired) electrons. The minimum Gasteiger partial charge on any atom is -0.478 e. The van der Waals surface area contributed by atoms with Crippen LogP contribution >= 0.6 is 0 Å². The Morgan fingerprint density at radius 2 is 2.00 bits per heavy atom. The van der Waals surface area contributed by atoms with Crippen LogP contribution in [0.1, 0.15) is 43.1 Å². The van der Waals surface area contributed by atoms with E-state index in [0.29, 0.717) is 24.3 Å². The minimum absolute atomic E-state index is 0.164. The summed E-state index contributed by atoms with van der Waals surface area (Å²) in [6.07, 6.45) is 8.22. The first-order valence-corrected chi connectivity index (χ1v) is 9.71. The molecule has 0 unspecified atom stereocenters. The predicted octanol–water partition coefficient (Wildman–Crippen LogP) is 3.38. The molecule has 5 rings (SSSR count). The average molecular weight is 378 g/mol. The summed E-state index contributed by atoms with van der Waals surface area (Å²) in [6, 6.07) is 7.69. The van der Waals surface area contributed by atoms with Crippen LogP contribution in [0.5, 0.6) is 11.8 Å². The second-order valence-corrected chi connectivity index (χ2v) is 7.23. The zero-order chi connectivity index (χ0) is 18.8. The fraction of sp³-hybridized carbons (Fsp3) is 0.400. The number of nitrogens with one attached hydrogen (secondary N) is 2. The summed E-state index contributed by atoms with van der Waals surface area (Å²) in [5, 5.41) is 10.9. The number of hydrogen-bond donors (Lipinski definition) is 2. The van der Waals surface area contributed by atoms with Crippen LogP contribution in [0, 0.1) is 0 Å². The third kappa shape index (κ3) is 3.76. The van der Waals surface area contributed by atoms with Gasteiger partial charge in [0.05, 0.1) is 6.61 Å². The lowest BCUT2D eigenvalue weighted by Gasteiger charge is -2.13. The number of H-pyrrole nitrogens is 1. The summed E-state index contributed by atoms with van der Waals surface area (Å²) in [4.78, 5) is 13.2. The Hall–Kier alpha value is -3.16. The van der Waals surface area contributed by atoms with Crippen molar-refractivity contribution in [1.82, 2.24) is 25.1 Å². The van der Waals surface area contributed by atoms with E-state index in [1.54, 1.807) is 12.4 Å². The van der Waals surface area contributed by atoms with Crippen LogP contribution in [0.2, 0.25) is 0 Å². The molecule has 2 atom stereocenters. The smallest absolute Gasteiger partial charge is 0.216 e. The van der Waals surface area contributed by atoms with Gasteiger partial charge in [-0.25, -0.2) is 9.97 Å². The molecule has 1 aliphatic heterocycles. The van der Waals surface area contributed by atoms with E-state index >= 15 is 0 Å². The van der Waals surface area contributed by atoms with Crippen molar-refractivity contribution in [2.24, 2.45) is 0 Å². The molecule has 3 aromatic rings. The lowest BCUT2D eigenvalue weighted by molar-refractivity contribution is 0.198. The normalized spacial score (nSPS) is 21.6. The second kappa shape index (κ2) is 7.46. The average Bonchev–Trinajstić information content (AvgIpc) is 3.35. The van der Waals surface area contributed by atoms with Crippen LogP contribution < -0.4 is 14.8 Å². The molecule has 2 N–H and O–H groups in total. The van der Waals surface area contributed by atoms with Gasteiger partial charge in [-0.1, -0.05) is 0 Å². The van der Waals surface area contributed by atoms with Crippen LogP contribution in [0.4, 0.5) is 11.5 Å². The third-order valence-electron chi connectivity index (χ3n) is 5.19. The highest BCUT2D eigenvalue weighted by Crippen LogP contribution is 2.36. The number of aromatic amines is 1. The van der Waals surface area contributed by atoms with Crippen molar-refractivity contribution in [3.63, 3.8) is 0 Å². The van der Waals surface area contributed by atoms with Gasteiger partial charge in [0.2, 0.25) is 11.8 Å². The Morgan fingerprint density at radius 1 is 1.04 bits per heavy atom. The molecule has 0 amide bonds. The van der Waals surface area contributed by atoms with Crippen LogP contribution in [0.3, 0.4) is 0 Å². The van der Waals surface area contributed by atoms with E-state index in [2.05, 4.69) is 36.5 Å². The molecule has 8 nitrogen and oxygen atoms in total. The number of nitrogens with zero attached hydrogens (tertiary/aromatic N) is 4. The summed E-state index contributed by atoms with van der Waals surface area (Å²) in [5.41, 5.74) is 2.02. The zero-order valence-electron chi connectivity index (χ0n) is 15.5. The maximum atomic E-state index is 6.13. The van der Waals surface area contributed by atoms with E-state index in [1.807, 2.05) is 18.2 Å². The summed E-state index contributed by atoms with van der Waals surface area (Å²) < 4.78 is 11.9. The van der Waals surface area contributed by atoms with Crippen molar-refractivity contribution in [1.29, 1.82) is 0 Å². The van der Waals surface area contributed by atoms with Gasteiger partial charge in [-0.3, -0.25) is 5.10 Å².